The van der Waals surface area contributed by atoms with Gasteiger partial charge in [0, 0.05) is 43.6 Å². The van der Waals surface area contributed by atoms with Crippen LogP contribution in [0.25, 0.3) is 11.1 Å². The van der Waals surface area contributed by atoms with Crippen molar-refractivity contribution in [3.63, 3.8) is 0 Å². The molecule has 0 saturated carbocycles. The first kappa shape index (κ1) is 29.8. The lowest BCUT2D eigenvalue weighted by Gasteiger charge is -2.23. The van der Waals surface area contributed by atoms with E-state index in [4.69, 9.17) is 29.3 Å². The summed E-state index contributed by atoms with van der Waals surface area (Å²) in [6.45, 7) is 4.76. The zero-order valence-corrected chi connectivity index (χ0v) is 19.5. The Morgan fingerprint density at radius 3 is 2.11 bits per heavy atom. The molecule has 37 heavy (non-hydrogen) atoms. The van der Waals surface area contributed by atoms with Crippen LogP contribution in [0.3, 0.4) is 0 Å². The van der Waals surface area contributed by atoms with Crippen LogP contribution in [-0.4, -0.2) is 84.3 Å². The van der Waals surface area contributed by atoms with Crippen molar-refractivity contribution in [1.29, 1.82) is 0 Å². The number of benzene rings is 1. The first-order valence-electron chi connectivity index (χ1n) is 10.7. The number of aromatic nitrogens is 1. The third-order valence-electron chi connectivity index (χ3n) is 5.60. The van der Waals surface area contributed by atoms with Gasteiger partial charge in [-0.3, -0.25) is 9.88 Å². The molecule has 0 amide bonds. The van der Waals surface area contributed by atoms with Crippen molar-refractivity contribution in [2.24, 2.45) is 0 Å². The Labute approximate surface area is 207 Å². The van der Waals surface area contributed by atoms with Gasteiger partial charge in [0.2, 0.25) is 0 Å². The Bertz CT molecular complexity index is 1040. The molecule has 0 bridgehead atoms. The molecule has 1 aromatic carbocycles. The highest BCUT2D eigenvalue weighted by Crippen LogP contribution is 2.46. The molecule has 2 N–H and O–H groups in total. The van der Waals surface area contributed by atoms with Gasteiger partial charge < -0.3 is 19.7 Å². The molecular weight excluding hydrogens is 514 g/mol. The van der Waals surface area contributed by atoms with Gasteiger partial charge in [-0.05, 0) is 48.4 Å². The molecule has 1 saturated heterocycles. The molecule has 1 unspecified atom stereocenters. The Balaban J connectivity index is 0.000000286. The second kappa shape index (κ2) is 12.2. The molecule has 2 aromatic rings. The maximum atomic E-state index is 10.6. The third kappa shape index (κ3) is 8.32. The van der Waals surface area contributed by atoms with Crippen molar-refractivity contribution < 1.29 is 55.6 Å². The number of carbonyl (C=O) groups is 2. The molecule has 0 aliphatic carbocycles. The largest absolute Gasteiger partial charge is 0.492 e. The van der Waals surface area contributed by atoms with Gasteiger partial charge in [-0.25, -0.2) is 9.59 Å². The number of fused-ring (bicyclic) bond motifs is 2. The van der Waals surface area contributed by atoms with E-state index in [1.54, 1.807) is 7.11 Å². The van der Waals surface area contributed by atoms with Crippen LogP contribution in [0.1, 0.15) is 12.0 Å². The highest BCUT2D eigenvalue weighted by atomic mass is 19.4. The molecule has 3 heterocycles. The molecule has 204 valence electrons. The van der Waals surface area contributed by atoms with Crippen LogP contribution in [0.15, 0.2) is 42.7 Å². The van der Waals surface area contributed by atoms with Crippen molar-refractivity contribution in [1.82, 2.24) is 9.88 Å². The zero-order valence-electron chi connectivity index (χ0n) is 19.5. The van der Waals surface area contributed by atoms with Gasteiger partial charge in [0.1, 0.15) is 5.75 Å². The van der Waals surface area contributed by atoms with E-state index >= 15 is 0 Å². The smallest absolute Gasteiger partial charge is 0.490 e. The molecule has 1 spiro atoms. The number of hydrogen-bond donors (Lipinski definition) is 2. The predicted octanol–water partition coefficient (Wildman–Crippen LogP) is 4.00. The summed E-state index contributed by atoms with van der Waals surface area (Å²) in [6.07, 6.45) is -5.32. The number of hydrogen-bond acceptors (Lipinski definition) is 6. The first-order chi connectivity index (χ1) is 17.2. The van der Waals surface area contributed by atoms with Gasteiger partial charge in [0.05, 0.1) is 13.2 Å². The predicted molar refractivity (Wildman–Crippen MR) is 117 cm³/mol. The minimum atomic E-state index is -5.08. The lowest BCUT2D eigenvalue weighted by molar-refractivity contribution is -0.193. The van der Waals surface area contributed by atoms with E-state index in [9.17, 15) is 26.3 Å². The number of methoxy groups -OCH3 is 1. The highest BCUT2D eigenvalue weighted by Gasteiger charge is 2.45. The minimum Gasteiger partial charge on any atom is -0.492 e. The van der Waals surface area contributed by atoms with Crippen molar-refractivity contribution in [2.75, 3.05) is 40.0 Å². The summed E-state index contributed by atoms with van der Waals surface area (Å²) in [5.74, 6) is -4.46. The number of halogens is 6. The molecule has 1 fully saturated rings. The van der Waals surface area contributed by atoms with Gasteiger partial charge in [-0.1, -0.05) is 6.07 Å². The van der Waals surface area contributed by atoms with Gasteiger partial charge >= 0.3 is 24.3 Å². The number of pyridine rings is 1. The summed E-state index contributed by atoms with van der Waals surface area (Å²) in [5.41, 5.74) is 3.96. The fourth-order valence-corrected chi connectivity index (χ4v) is 3.80. The molecule has 4 rings (SSSR count). The van der Waals surface area contributed by atoms with Crippen LogP contribution >= 0.6 is 0 Å². The van der Waals surface area contributed by atoms with Crippen LogP contribution in [0.5, 0.6) is 5.75 Å². The summed E-state index contributed by atoms with van der Waals surface area (Å²) in [5, 5.41) is 14.2. The van der Waals surface area contributed by atoms with E-state index in [2.05, 4.69) is 40.2 Å². The van der Waals surface area contributed by atoms with Crippen LogP contribution in [0.2, 0.25) is 0 Å². The number of carboxylic acids is 2. The van der Waals surface area contributed by atoms with Crippen molar-refractivity contribution in [2.45, 2.75) is 24.2 Å². The summed E-state index contributed by atoms with van der Waals surface area (Å²) >= 11 is 0. The average Bonchev–Trinajstić information content (AvgIpc) is 3.41. The second-order valence-electron chi connectivity index (χ2n) is 8.14. The third-order valence-corrected chi connectivity index (χ3v) is 5.60. The molecular formula is C23H24F6N2O6. The summed E-state index contributed by atoms with van der Waals surface area (Å²) in [7, 11) is 1.76. The Kier molecular flexibility index (Phi) is 9.87. The normalized spacial score (nSPS) is 18.7. The lowest BCUT2D eigenvalue weighted by atomic mass is 9.80. The number of carboxylic acid groups (broad SMARTS) is 2. The standard InChI is InChI=1S/C19H22N2O2.2C2HF3O2/c1-22-11-10-21-9-6-19(13-21)14-23-18-3-2-16(12-17(18)19)15-4-7-20-8-5-15;2*3-2(4,5)1(6)7/h2-5,7-8,12H,6,9-11,13-14H2,1H3;2*(H,6,7). The number of ether oxygens (including phenoxy) is 2. The first-order valence-corrected chi connectivity index (χ1v) is 10.7. The molecule has 14 heteroatoms. The molecule has 2 aliphatic heterocycles. The lowest BCUT2D eigenvalue weighted by Crippen LogP contribution is -2.33. The van der Waals surface area contributed by atoms with Crippen molar-refractivity contribution >= 4 is 11.9 Å². The van der Waals surface area contributed by atoms with Gasteiger partial charge in [0.15, 0.2) is 0 Å². The van der Waals surface area contributed by atoms with Gasteiger partial charge in [-0.2, -0.15) is 26.3 Å². The number of aliphatic carboxylic acids is 2. The van der Waals surface area contributed by atoms with Crippen molar-refractivity contribution in [3.05, 3.63) is 48.3 Å². The fraction of sp³-hybridized carbons (Fsp3) is 0.435. The molecule has 1 aromatic heterocycles. The quantitative estimate of drug-likeness (QED) is 0.563. The molecule has 0 radical (unpaired) electrons. The molecule has 2 aliphatic rings. The highest BCUT2D eigenvalue weighted by molar-refractivity contribution is 5.73. The van der Waals surface area contributed by atoms with Crippen molar-refractivity contribution in [3.8, 4) is 16.9 Å². The maximum Gasteiger partial charge on any atom is 0.490 e. The summed E-state index contributed by atoms with van der Waals surface area (Å²) in [6, 6.07) is 10.7. The summed E-state index contributed by atoms with van der Waals surface area (Å²) < 4.78 is 74.7. The SMILES string of the molecule is COCCN1CCC2(COc3ccc(-c4ccncc4)cc32)C1.O=C(O)C(F)(F)F.O=C(O)C(F)(F)F. The fourth-order valence-electron chi connectivity index (χ4n) is 3.80. The van der Waals surface area contributed by atoms with E-state index < -0.39 is 24.3 Å². The van der Waals surface area contributed by atoms with Crippen LogP contribution < -0.4 is 4.74 Å². The van der Waals surface area contributed by atoms with E-state index in [1.165, 1.54) is 16.7 Å². The average molecular weight is 538 g/mol. The van der Waals surface area contributed by atoms with Crippen LogP contribution in [0, 0.1) is 0 Å². The molecule has 8 nitrogen and oxygen atoms in total. The number of rotatable bonds is 4. The molecule has 1 atom stereocenters. The van der Waals surface area contributed by atoms with Crippen LogP contribution in [-0.2, 0) is 19.7 Å². The second-order valence-corrected chi connectivity index (χ2v) is 8.14. The van der Waals surface area contributed by atoms with Gasteiger partial charge in [-0.15, -0.1) is 0 Å². The Morgan fingerprint density at radius 1 is 1.03 bits per heavy atom. The number of likely N-dealkylation sites (tertiary alicyclic amines) is 1. The van der Waals surface area contributed by atoms with Gasteiger partial charge in [0.25, 0.3) is 0 Å². The maximum absolute atomic E-state index is 10.6. The van der Waals surface area contributed by atoms with E-state index in [-0.39, 0.29) is 5.41 Å². The van der Waals surface area contributed by atoms with E-state index in [1.807, 2.05) is 12.4 Å². The van der Waals surface area contributed by atoms with Crippen LogP contribution in [0.4, 0.5) is 26.3 Å². The summed E-state index contributed by atoms with van der Waals surface area (Å²) in [4.78, 5) is 24.4. The zero-order chi connectivity index (χ0) is 27.9. The Morgan fingerprint density at radius 2 is 1.59 bits per heavy atom. The van der Waals surface area contributed by atoms with E-state index in [0.717, 1.165) is 45.0 Å². The number of nitrogens with zero attached hydrogens (tertiary/aromatic N) is 2. The van der Waals surface area contributed by atoms with E-state index in [0.29, 0.717) is 0 Å². The Hall–Kier alpha value is -3.39. The topological polar surface area (TPSA) is 109 Å². The minimum absolute atomic E-state index is 0.145. The monoisotopic (exact) mass is 538 g/mol. The number of alkyl halides is 6.